The van der Waals surface area contributed by atoms with Gasteiger partial charge in [0.1, 0.15) is 12.6 Å². The molecule has 0 rings (SSSR count). The second-order valence-corrected chi connectivity index (χ2v) is 3.77. The highest BCUT2D eigenvalue weighted by atomic mass is 16.5. The molecule has 0 bridgehead atoms. The summed E-state index contributed by atoms with van der Waals surface area (Å²) in [7, 11) is 1.79. The van der Waals surface area contributed by atoms with Gasteiger partial charge in [-0.2, -0.15) is 0 Å². The summed E-state index contributed by atoms with van der Waals surface area (Å²) in [6.07, 6.45) is 4.48. The van der Waals surface area contributed by atoms with Crippen molar-refractivity contribution in [1.82, 2.24) is 0 Å². The Balaban J connectivity index is 4.39. The highest BCUT2D eigenvalue weighted by Crippen LogP contribution is 2.09. The zero-order valence-corrected chi connectivity index (χ0v) is 10.4. The van der Waals surface area contributed by atoms with Crippen molar-refractivity contribution in [3.05, 3.63) is 12.2 Å². The number of hydrogen-bond donors (Lipinski definition) is 0. The van der Waals surface area contributed by atoms with E-state index in [1.807, 2.05) is 6.92 Å². The third kappa shape index (κ3) is 3.81. The van der Waals surface area contributed by atoms with Crippen LogP contribution in [-0.2, 0) is 4.74 Å². The van der Waals surface area contributed by atoms with Gasteiger partial charge < -0.3 is 9.22 Å². The number of likely N-dealkylation sites (N-methyl/N-ethyl adjacent to an activating group) is 1. The lowest BCUT2D eigenvalue weighted by atomic mass is 10.2. The van der Waals surface area contributed by atoms with E-state index in [1.54, 1.807) is 7.11 Å². The molecular formula is C12H26NO+. The topological polar surface area (TPSA) is 9.23 Å². The minimum atomic E-state index is 0.264. The molecule has 2 heteroatoms. The van der Waals surface area contributed by atoms with Crippen molar-refractivity contribution in [2.24, 2.45) is 0 Å². The third-order valence-corrected chi connectivity index (χ3v) is 3.29. The van der Waals surface area contributed by atoms with Crippen molar-refractivity contribution in [3.8, 4) is 0 Å². The maximum atomic E-state index is 5.45. The summed E-state index contributed by atoms with van der Waals surface area (Å²) in [6, 6.07) is 0. The Hall–Kier alpha value is -0.340. The maximum Gasteiger partial charge on any atom is 0.124 e. The van der Waals surface area contributed by atoms with E-state index in [1.165, 1.54) is 19.6 Å². The van der Waals surface area contributed by atoms with Gasteiger partial charge in [0.15, 0.2) is 0 Å². The van der Waals surface area contributed by atoms with Crippen LogP contribution in [0.5, 0.6) is 0 Å². The van der Waals surface area contributed by atoms with E-state index in [4.69, 9.17) is 4.74 Å². The van der Waals surface area contributed by atoms with Crippen LogP contribution in [0.25, 0.3) is 0 Å². The first-order valence-corrected chi connectivity index (χ1v) is 5.68. The molecule has 0 saturated heterocycles. The van der Waals surface area contributed by atoms with Crippen LogP contribution in [-0.4, -0.2) is 43.9 Å². The van der Waals surface area contributed by atoms with E-state index in [9.17, 15) is 0 Å². The molecule has 84 valence electrons. The number of rotatable bonds is 7. The summed E-state index contributed by atoms with van der Waals surface area (Å²) in [5.74, 6) is 0. The zero-order valence-electron chi connectivity index (χ0n) is 10.4. The lowest BCUT2D eigenvalue weighted by Crippen LogP contribution is -2.51. The fourth-order valence-corrected chi connectivity index (χ4v) is 1.87. The lowest BCUT2D eigenvalue weighted by Gasteiger charge is -2.37. The fourth-order valence-electron chi connectivity index (χ4n) is 1.87. The molecule has 0 fully saturated rings. The quantitative estimate of drug-likeness (QED) is 0.453. The monoisotopic (exact) mass is 200 g/mol. The van der Waals surface area contributed by atoms with Crippen molar-refractivity contribution in [2.75, 3.05) is 33.3 Å². The van der Waals surface area contributed by atoms with Crippen molar-refractivity contribution in [2.45, 2.75) is 33.8 Å². The van der Waals surface area contributed by atoms with Crippen LogP contribution in [0.15, 0.2) is 12.2 Å². The number of nitrogens with zero attached hydrogens (tertiary/aromatic N) is 1. The van der Waals surface area contributed by atoms with Gasteiger partial charge in [0.25, 0.3) is 0 Å². The lowest BCUT2D eigenvalue weighted by molar-refractivity contribution is -0.925. The molecule has 0 aliphatic heterocycles. The van der Waals surface area contributed by atoms with Gasteiger partial charge >= 0.3 is 0 Å². The Morgan fingerprint density at radius 3 is 1.93 bits per heavy atom. The fraction of sp³-hybridized carbons (Fsp3) is 0.833. The highest BCUT2D eigenvalue weighted by molar-refractivity contribution is 4.86. The number of ether oxygens (including phenoxy) is 1. The van der Waals surface area contributed by atoms with Crippen molar-refractivity contribution in [1.29, 1.82) is 0 Å². The molecule has 0 aliphatic rings. The molecule has 0 radical (unpaired) electrons. The molecule has 0 aromatic heterocycles. The van der Waals surface area contributed by atoms with Crippen LogP contribution >= 0.6 is 0 Å². The maximum absolute atomic E-state index is 5.45. The standard InChI is InChI=1S/C12H26NO/c1-6-10-12(14-5)11-13(7-2,8-3)9-4/h6,10,12H,7-9,11H2,1-5H3/q+1. The van der Waals surface area contributed by atoms with Crippen LogP contribution in [0, 0.1) is 0 Å². The average Bonchev–Trinajstić information content (AvgIpc) is 2.25. The van der Waals surface area contributed by atoms with Crippen molar-refractivity contribution in [3.63, 3.8) is 0 Å². The van der Waals surface area contributed by atoms with E-state index >= 15 is 0 Å². The van der Waals surface area contributed by atoms with Gasteiger partial charge in [0.05, 0.1) is 19.6 Å². The van der Waals surface area contributed by atoms with Gasteiger partial charge in [-0.3, -0.25) is 0 Å². The van der Waals surface area contributed by atoms with Gasteiger partial charge in [-0.05, 0) is 27.7 Å². The first-order chi connectivity index (χ1) is 6.67. The van der Waals surface area contributed by atoms with Crippen LogP contribution in [0.3, 0.4) is 0 Å². The predicted molar refractivity (Wildman–Crippen MR) is 62.4 cm³/mol. The number of quaternary nitrogens is 1. The Bertz CT molecular complexity index is 153. The van der Waals surface area contributed by atoms with Crippen molar-refractivity contribution >= 4 is 0 Å². The van der Waals surface area contributed by atoms with E-state index in [-0.39, 0.29) is 6.10 Å². The summed E-state index contributed by atoms with van der Waals surface area (Å²) < 4.78 is 6.59. The largest absolute Gasteiger partial charge is 0.371 e. The van der Waals surface area contributed by atoms with E-state index in [2.05, 4.69) is 32.9 Å². The number of allylic oxidation sites excluding steroid dienone is 1. The second-order valence-electron chi connectivity index (χ2n) is 3.77. The van der Waals surface area contributed by atoms with Crippen LogP contribution in [0.1, 0.15) is 27.7 Å². The first kappa shape index (κ1) is 13.7. The molecule has 2 nitrogen and oxygen atoms in total. The van der Waals surface area contributed by atoms with Gasteiger partial charge in [-0.1, -0.05) is 12.2 Å². The molecule has 0 spiro atoms. The molecule has 0 aliphatic carbocycles. The zero-order chi connectivity index (χ0) is 11.0. The molecule has 14 heavy (non-hydrogen) atoms. The predicted octanol–water partition coefficient (Wildman–Crippen LogP) is 2.45. The van der Waals surface area contributed by atoms with E-state index in [0.717, 1.165) is 11.0 Å². The molecule has 0 amide bonds. The summed E-state index contributed by atoms with van der Waals surface area (Å²) >= 11 is 0. The second kappa shape index (κ2) is 7.02. The Morgan fingerprint density at radius 1 is 1.14 bits per heavy atom. The number of hydrogen-bond acceptors (Lipinski definition) is 1. The molecule has 0 N–H and O–H groups in total. The molecule has 1 atom stereocenters. The average molecular weight is 200 g/mol. The smallest absolute Gasteiger partial charge is 0.124 e. The Labute approximate surface area is 89.1 Å². The van der Waals surface area contributed by atoms with E-state index < -0.39 is 0 Å². The minimum absolute atomic E-state index is 0.264. The third-order valence-electron chi connectivity index (χ3n) is 3.29. The van der Waals surface area contributed by atoms with Crippen LogP contribution < -0.4 is 0 Å². The number of methoxy groups -OCH3 is 1. The molecular weight excluding hydrogens is 174 g/mol. The normalized spacial score (nSPS) is 14.9. The summed E-state index contributed by atoms with van der Waals surface area (Å²) in [6.45, 7) is 13.5. The van der Waals surface area contributed by atoms with Crippen LogP contribution in [0.2, 0.25) is 0 Å². The van der Waals surface area contributed by atoms with Crippen LogP contribution in [0.4, 0.5) is 0 Å². The van der Waals surface area contributed by atoms with Crippen molar-refractivity contribution < 1.29 is 9.22 Å². The highest BCUT2D eigenvalue weighted by Gasteiger charge is 2.24. The molecule has 0 aromatic rings. The Morgan fingerprint density at radius 2 is 1.64 bits per heavy atom. The summed E-state index contributed by atoms with van der Waals surface area (Å²) in [5, 5.41) is 0. The van der Waals surface area contributed by atoms with Gasteiger partial charge in [0, 0.05) is 7.11 Å². The summed E-state index contributed by atoms with van der Waals surface area (Å²) in [4.78, 5) is 0. The minimum Gasteiger partial charge on any atom is -0.371 e. The van der Waals surface area contributed by atoms with Gasteiger partial charge in [-0.15, -0.1) is 0 Å². The van der Waals surface area contributed by atoms with Gasteiger partial charge in [-0.25, -0.2) is 0 Å². The molecule has 0 saturated carbocycles. The molecule has 1 unspecified atom stereocenters. The SMILES string of the molecule is CC=CC(C[N+](CC)(CC)CC)OC. The Kier molecular flexibility index (Phi) is 6.85. The molecule has 0 aromatic carbocycles. The molecule has 0 heterocycles. The summed E-state index contributed by atoms with van der Waals surface area (Å²) in [5.41, 5.74) is 0. The van der Waals surface area contributed by atoms with E-state index in [0.29, 0.717) is 0 Å². The first-order valence-electron chi connectivity index (χ1n) is 5.68. The van der Waals surface area contributed by atoms with Gasteiger partial charge in [0.2, 0.25) is 0 Å².